The molecular weight excluding hydrogens is 270 g/mol. The largest absolute Gasteiger partial charge is 0.326 e. The van der Waals surface area contributed by atoms with Crippen molar-refractivity contribution in [3.63, 3.8) is 0 Å². The maximum atomic E-state index is 11.8. The molecule has 1 aliphatic heterocycles. The van der Waals surface area contributed by atoms with Crippen molar-refractivity contribution < 1.29 is 4.79 Å². The smallest absolute Gasteiger partial charge is 0.321 e. The number of nitrogens with zero attached hydrogens (tertiary/aromatic N) is 1. The molecule has 0 bridgehead atoms. The van der Waals surface area contributed by atoms with Gasteiger partial charge in [0.2, 0.25) is 0 Å². The van der Waals surface area contributed by atoms with Crippen LogP contribution in [0.1, 0.15) is 6.42 Å². The van der Waals surface area contributed by atoms with Crippen LogP contribution >= 0.6 is 15.9 Å². The van der Waals surface area contributed by atoms with E-state index in [1.807, 2.05) is 24.3 Å². The van der Waals surface area contributed by atoms with E-state index in [1.54, 1.807) is 4.90 Å². The summed E-state index contributed by atoms with van der Waals surface area (Å²) in [6.07, 6.45) is 0.881. The minimum atomic E-state index is -0.0777. The summed E-state index contributed by atoms with van der Waals surface area (Å²) >= 11 is 3.36. The van der Waals surface area contributed by atoms with Crippen LogP contribution in [-0.2, 0) is 0 Å². The number of nitrogens with one attached hydrogen (secondary N) is 1. The van der Waals surface area contributed by atoms with E-state index >= 15 is 0 Å². The van der Waals surface area contributed by atoms with Gasteiger partial charge >= 0.3 is 6.03 Å². The van der Waals surface area contributed by atoms with Gasteiger partial charge in [-0.1, -0.05) is 22.0 Å². The lowest BCUT2D eigenvalue weighted by Gasteiger charge is -2.16. The van der Waals surface area contributed by atoms with Crippen molar-refractivity contribution in [2.75, 3.05) is 18.4 Å². The molecule has 5 heteroatoms. The van der Waals surface area contributed by atoms with Gasteiger partial charge < -0.3 is 16.0 Å². The van der Waals surface area contributed by atoms with E-state index in [9.17, 15) is 4.79 Å². The van der Waals surface area contributed by atoms with Gasteiger partial charge in [0.1, 0.15) is 0 Å². The number of hydrogen-bond donors (Lipinski definition) is 2. The van der Waals surface area contributed by atoms with E-state index in [1.165, 1.54) is 0 Å². The Morgan fingerprint density at radius 1 is 1.56 bits per heavy atom. The second kappa shape index (κ2) is 4.84. The topological polar surface area (TPSA) is 58.4 Å². The van der Waals surface area contributed by atoms with Crippen LogP contribution in [0, 0.1) is 0 Å². The lowest BCUT2D eigenvalue weighted by Crippen LogP contribution is -2.35. The van der Waals surface area contributed by atoms with Gasteiger partial charge in [-0.05, 0) is 24.6 Å². The zero-order valence-corrected chi connectivity index (χ0v) is 10.4. The molecule has 0 unspecified atom stereocenters. The summed E-state index contributed by atoms with van der Waals surface area (Å²) in [4.78, 5) is 13.6. The highest BCUT2D eigenvalue weighted by Crippen LogP contribution is 2.17. The molecule has 2 amide bonds. The predicted molar refractivity (Wildman–Crippen MR) is 67.3 cm³/mol. The van der Waals surface area contributed by atoms with Crippen LogP contribution < -0.4 is 11.1 Å². The minimum Gasteiger partial charge on any atom is -0.326 e. The number of halogens is 1. The highest BCUT2D eigenvalue weighted by atomic mass is 79.9. The summed E-state index contributed by atoms with van der Waals surface area (Å²) in [7, 11) is 0. The quantitative estimate of drug-likeness (QED) is 0.828. The second-order valence-electron chi connectivity index (χ2n) is 3.94. The first-order chi connectivity index (χ1) is 7.65. The molecule has 3 N–H and O–H groups in total. The molecule has 0 spiro atoms. The zero-order chi connectivity index (χ0) is 11.5. The van der Waals surface area contributed by atoms with Gasteiger partial charge in [-0.2, -0.15) is 0 Å². The van der Waals surface area contributed by atoms with Crippen LogP contribution in [0.2, 0.25) is 0 Å². The van der Waals surface area contributed by atoms with Crippen molar-refractivity contribution in [1.29, 1.82) is 0 Å². The maximum absolute atomic E-state index is 11.8. The van der Waals surface area contributed by atoms with Gasteiger partial charge in [-0.3, -0.25) is 0 Å². The lowest BCUT2D eigenvalue weighted by molar-refractivity contribution is 0.222. The Bertz CT molecular complexity index is 397. The molecule has 86 valence electrons. The number of likely N-dealkylation sites (tertiary alicyclic amines) is 1. The van der Waals surface area contributed by atoms with Gasteiger partial charge in [0.25, 0.3) is 0 Å². The Kier molecular flexibility index (Phi) is 3.46. The third kappa shape index (κ3) is 2.74. The van der Waals surface area contributed by atoms with Crippen molar-refractivity contribution in [2.24, 2.45) is 5.73 Å². The third-order valence-electron chi connectivity index (χ3n) is 2.59. The third-order valence-corrected chi connectivity index (χ3v) is 3.08. The van der Waals surface area contributed by atoms with Crippen molar-refractivity contribution in [1.82, 2.24) is 4.90 Å². The summed E-state index contributed by atoms with van der Waals surface area (Å²) in [5.41, 5.74) is 6.54. The van der Waals surface area contributed by atoms with Gasteiger partial charge in [-0.25, -0.2) is 4.79 Å². The van der Waals surface area contributed by atoms with Crippen LogP contribution in [-0.4, -0.2) is 30.1 Å². The molecule has 1 fully saturated rings. The minimum absolute atomic E-state index is 0.0777. The number of amides is 2. The number of rotatable bonds is 1. The fourth-order valence-corrected chi connectivity index (χ4v) is 2.14. The molecule has 1 aromatic carbocycles. The molecule has 0 saturated carbocycles. The van der Waals surface area contributed by atoms with E-state index in [0.29, 0.717) is 6.54 Å². The Balaban J connectivity index is 1.97. The van der Waals surface area contributed by atoms with Crippen LogP contribution in [0.5, 0.6) is 0 Å². The van der Waals surface area contributed by atoms with Crippen LogP contribution in [0.3, 0.4) is 0 Å². The number of hydrogen-bond acceptors (Lipinski definition) is 2. The average Bonchev–Trinajstić information content (AvgIpc) is 2.65. The lowest BCUT2D eigenvalue weighted by atomic mass is 10.3. The van der Waals surface area contributed by atoms with Crippen LogP contribution in [0.25, 0.3) is 0 Å². The Labute approximate surface area is 103 Å². The highest BCUT2D eigenvalue weighted by molar-refractivity contribution is 9.10. The molecule has 0 radical (unpaired) electrons. The monoisotopic (exact) mass is 283 g/mol. The summed E-state index contributed by atoms with van der Waals surface area (Å²) in [6.45, 7) is 1.38. The SMILES string of the molecule is N[C@@H]1CCN(C(=O)Nc2cccc(Br)c2)C1. The first kappa shape index (κ1) is 11.4. The van der Waals surface area contributed by atoms with E-state index < -0.39 is 0 Å². The molecule has 0 aromatic heterocycles. The number of benzene rings is 1. The molecular formula is C11H14BrN3O. The Morgan fingerprint density at radius 2 is 2.38 bits per heavy atom. The molecule has 1 atom stereocenters. The molecule has 2 rings (SSSR count). The zero-order valence-electron chi connectivity index (χ0n) is 8.82. The molecule has 1 aromatic rings. The number of carbonyl (C=O) groups excluding carboxylic acids is 1. The Hall–Kier alpha value is -1.07. The first-order valence-electron chi connectivity index (χ1n) is 5.22. The summed E-state index contributed by atoms with van der Waals surface area (Å²) in [6, 6.07) is 7.57. The Morgan fingerprint density at radius 3 is 3.00 bits per heavy atom. The molecule has 1 aliphatic rings. The number of carbonyl (C=O) groups is 1. The van der Waals surface area contributed by atoms with Gasteiger partial charge in [-0.15, -0.1) is 0 Å². The molecule has 1 heterocycles. The van der Waals surface area contributed by atoms with Crippen molar-refractivity contribution in [2.45, 2.75) is 12.5 Å². The standard InChI is InChI=1S/C11H14BrN3O/c12-8-2-1-3-10(6-8)14-11(16)15-5-4-9(13)7-15/h1-3,6,9H,4-5,7,13H2,(H,14,16)/t9-/m1/s1. The molecule has 16 heavy (non-hydrogen) atoms. The van der Waals surface area contributed by atoms with E-state index in [-0.39, 0.29) is 12.1 Å². The molecule has 0 aliphatic carbocycles. The number of nitrogens with two attached hydrogens (primary N) is 1. The normalized spacial score (nSPS) is 19.9. The van der Waals surface area contributed by atoms with Crippen LogP contribution in [0.15, 0.2) is 28.7 Å². The van der Waals surface area contributed by atoms with E-state index in [0.717, 1.165) is 23.1 Å². The van der Waals surface area contributed by atoms with Gasteiger partial charge in [0.15, 0.2) is 0 Å². The maximum Gasteiger partial charge on any atom is 0.321 e. The fourth-order valence-electron chi connectivity index (χ4n) is 1.74. The predicted octanol–water partition coefficient (Wildman–Crippen LogP) is 2.01. The second-order valence-corrected chi connectivity index (χ2v) is 4.85. The fraction of sp³-hybridized carbons (Fsp3) is 0.364. The van der Waals surface area contributed by atoms with E-state index in [4.69, 9.17) is 5.73 Å². The van der Waals surface area contributed by atoms with Crippen molar-refractivity contribution >= 4 is 27.6 Å². The summed E-state index contributed by atoms with van der Waals surface area (Å²) in [5.74, 6) is 0. The van der Waals surface area contributed by atoms with Crippen LogP contribution in [0.4, 0.5) is 10.5 Å². The number of urea groups is 1. The molecule has 4 nitrogen and oxygen atoms in total. The van der Waals surface area contributed by atoms with Gasteiger partial charge in [0, 0.05) is 29.3 Å². The highest BCUT2D eigenvalue weighted by Gasteiger charge is 2.23. The summed E-state index contributed by atoms with van der Waals surface area (Å²) in [5, 5.41) is 2.85. The van der Waals surface area contributed by atoms with E-state index in [2.05, 4.69) is 21.2 Å². The molecule has 1 saturated heterocycles. The van der Waals surface area contributed by atoms with Gasteiger partial charge in [0.05, 0.1) is 0 Å². The first-order valence-corrected chi connectivity index (χ1v) is 6.01. The van der Waals surface area contributed by atoms with Crippen molar-refractivity contribution in [3.8, 4) is 0 Å². The summed E-state index contributed by atoms with van der Waals surface area (Å²) < 4.78 is 0.948. The number of anilines is 1. The van der Waals surface area contributed by atoms with Crippen molar-refractivity contribution in [3.05, 3.63) is 28.7 Å². The average molecular weight is 284 g/mol.